The van der Waals surface area contributed by atoms with Crippen LogP contribution in [0.5, 0.6) is 0 Å². The van der Waals surface area contributed by atoms with Gasteiger partial charge in [0, 0.05) is 17.0 Å². The van der Waals surface area contributed by atoms with Crippen molar-refractivity contribution in [3.63, 3.8) is 0 Å². The van der Waals surface area contributed by atoms with E-state index < -0.39 is 10.0 Å². The summed E-state index contributed by atoms with van der Waals surface area (Å²) in [6.07, 6.45) is 5.51. The highest BCUT2D eigenvalue weighted by molar-refractivity contribution is 7.89. The Morgan fingerprint density at radius 2 is 2.23 bits per heavy atom. The largest absolute Gasteiger partial charge is 0.241 e. The fraction of sp³-hybridized carbons (Fsp3) is 0.267. The van der Waals surface area contributed by atoms with Gasteiger partial charge in [0.1, 0.15) is 16.6 Å². The van der Waals surface area contributed by atoms with E-state index in [0.29, 0.717) is 12.0 Å². The highest BCUT2D eigenvalue weighted by atomic mass is 32.2. The Morgan fingerprint density at radius 3 is 2.91 bits per heavy atom. The van der Waals surface area contributed by atoms with Gasteiger partial charge < -0.3 is 0 Å². The Hall–Kier alpha value is -1.75. The fourth-order valence-electron chi connectivity index (χ4n) is 1.89. The number of aryl methyl sites for hydroxylation is 1. The zero-order chi connectivity index (χ0) is 16.2. The van der Waals surface area contributed by atoms with E-state index in [2.05, 4.69) is 15.6 Å². The van der Waals surface area contributed by atoms with Crippen LogP contribution in [0.2, 0.25) is 0 Å². The molecule has 1 N–H and O–H groups in total. The van der Waals surface area contributed by atoms with Crippen LogP contribution in [-0.2, 0) is 16.4 Å². The minimum absolute atomic E-state index is 0.260. The molecule has 0 amide bonds. The summed E-state index contributed by atoms with van der Waals surface area (Å²) in [5.41, 5.74) is 1.53. The third kappa shape index (κ3) is 4.37. The smallest absolute Gasteiger partial charge is 0.222 e. The minimum Gasteiger partial charge on any atom is -0.241 e. The molecule has 0 aliphatic rings. The summed E-state index contributed by atoms with van der Waals surface area (Å²) in [6, 6.07) is 6.23. The van der Waals surface area contributed by atoms with E-state index in [9.17, 15) is 12.8 Å². The Bertz CT molecular complexity index is 807. The van der Waals surface area contributed by atoms with Gasteiger partial charge >= 0.3 is 0 Å². The van der Waals surface area contributed by atoms with Crippen LogP contribution in [0.1, 0.15) is 10.6 Å². The van der Waals surface area contributed by atoms with Crippen molar-refractivity contribution in [3.8, 4) is 22.9 Å². The van der Waals surface area contributed by atoms with Crippen molar-refractivity contribution in [1.82, 2.24) is 9.71 Å². The summed E-state index contributed by atoms with van der Waals surface area (Å²) >= 11 is 1.43. The molecule has 2 rings (SSSR count). The first-order valence-electron chi connectivity index (χ1n) is 6.54. The summed E-state index contributed by atoms with van der Waals surface area (Å²) in [4.78, 5) is 5.38. The molecule has 1 heterocycles. The van der Waals surface area contributed by atoms with E-state index in [-0.39, 0.29) is 18.1 Å². The third-order valence-electron chi connectivity index (χ3n) is 2.91. The molecule has 2 aromatic rings. The van der Waals surface area contributed by atoms with E-state index in [0.717, 1.165) is 15.6 Å². The van der Waals surface area contributed by atoms with Gasteiger partial charge in [0.15, 0.2) is 0 Å². The quantitative estimate of drug-likeness (QED) is 0.823. The molecule has 0 unspecified atom stereocenters. The number of nitrogens with zero attached hydrogens (tertiary/aromatic N) is 1. The molecule has 4 nitrogen and oxygen atoms in total. The minimum atomic E-state index is -3.42. The van der Waals surface area contributed by atoms with E-state index in [4.69, 9.17) is 6.42 Å². The lowest BCUT2D eigenvalue weighted by molar-refractivity contribution is 0.585. The lowest BCUT2D eigenvalue weighted by Gasteiger charge is -2.02. The van der Waals surface area contributed by atoms with Gasteiger partial charge in [-0.15, -0.1) is 17.8 Å². The molecule has 0 aliphatic heterocycles. The van der Waals surface area contributed by atoms with Gasteiger partial charge in [-0.25, -0.2) is 22.5 Å². The maximum atomic E-state index is 13.3. The van der Waals surface area contributed by atoms with Gasteiger partial charge in [-0.3, -0.25) is 0 Å². The molecule has 116 valence electrons. The van der Waals surface area contributed by atoms with Crippen LogP contribution in [0.3, 0.4) is 0 Å². The van der Waals surface area contributed by atoms with Crippen LogP contribution in [0.25, 0.3) is 10.6 Å². The van der Waals surface area contributed by atoms with Crippen molar-refractivity contribution in [3.05, 3.63) is 40.7 Å². The summed E-state index contributed by atoms with van der Waals surface area (Å²) in [5.74, 6) is 1.46. The molecule has 0 saturated carbocycles. The van der Waals surface area contributed by atoms with Crippen molar-refractivity contribution in [1.29, 1.82) is 0 Å². The third-order valence-corrected chi connectivity index (χ3v) is 5.37. The van der Waals surface area contributed by atoms with Crippen molar-refractivity contribution in [2.24, 2.45) is 0 Å². The molecule has 0 fully saturated rings. The zero-order valence-corrected chi connectivity index (χ0v) is 13.6. The van der Waals surface area contributed by atoms with E-state index in [1.165, 1.54) is 23.5 Å². The van der Waals surface area contributed by atoms with E-state index >= 15 is 0 Å². The van der Waals surface area contributed by atoms with E-state index in [1.807, 2.05) is 6.92 Å². The van der Waals surface area contributed by atoms with Gasteiger partial charge in [0.05, 0.1) is 5.69 Å². The second-order valence-electron chi connectivity index (χ2n) is 4.65. The number of benzene rings is 1. The first kappa shape index (κ1) is 16.6. The average molecular weight is 338 g/mol. The molecule has 1 aromatic heterocycles. The number of nitrogens with one attached hydrogen (secondary N) is 1. The average Bonchev–Trinajstić information content (AvgIpc) is 2.80. The zero-order valence-electron chi connectivity index (χ0n) is 12.0. The molecule has 7 heteroatoms. The van der Waals surface area contributed by atoms with Crippen LogP contribution in [0.15, 0.2) is 24.3 Å². The predicted molar refractivity (Wildman–Crippen MR) is 86.6 cm³/mol. The topological polar surface area (TPSA) is 59.1 Å². The molecule has 0 spiro atoms. The molecule has 0 bridgehead atoms. The van der Waals surface area contributed by atoms with Crippen LogP contribution >= 0.6 is 11.3 Å². The van der Waals surface area contributed by atoms with Crippen LogP contribution in [-0.4, -0.2) is 25.7 Å². The first-order valence-corrected chi connectivity index (χ1v) is 9.01. The lowest BCUT2D eigenvalue weighted by Crippen LogP contribution is -2.27. The summed E-state index contributed by atoms with van der Waals surface area (Å²) in [7, 11) is -3.42. The molecule has 1 aromatic carbocycles. The maximum Gasteiger partial charge on any atom is 0.222 e. The number of rotatable bonds is 6. The number of hydrogen-bond donors (Lipinski definition) is 1. The second-order valence-corrected chi connectivity index (χ2v) is 7.54. The van der Waals surface area contributed by atoms with Crippen LogP contribution in [0, 0.1) is 25.1 Å². The van der Waals surface area contributed by atoms with Gasteiger partial charge in [-0.2, -0.15) is 0 Å². The SMILES string of the molecule is C#CCS(=O)(=O)NCCc1sc(-c2cccc(F)c2)nc1C. The van der Waals surface area contributed by atoms with Gasteiger partial charge in [0.25, 0.3) is 0 Å². The highest BCUT2D eigenvalue weighted by Gasteiger charge is 2.12. The molecular weight excluding hydrogens is 323 g/mol. The number of hydrogen-bond acceptors (Lipinski definition) is 4. The lowest BCUT2D eigenvalue weighted by atomic mass is 10.2. The van der Waals surface area contributed by atoms with Crippen LogP contribution < -0.4 is 4.72 Å². The first-order chi connectivity index (χ1) is 10.4. The normalized spacial score (nSPS) is 11.3. The number of aromatic nitrogens is 1. The monoisotopic (exact) mass is 338 g/mol. The molecule has 0 aliphatic carbocycles. The molecule has 0 saturated heterocycles. The fourth-order valence-corrected chi connectivity index (χ4v) is 3.68. The summed E-state index contributed by atoms with van der Waals surface area (Å²) < 4.78 is 38.6. The second kappa shape index (κ2) is 7.01. The van der Waals surface area contributed by atoms with Crippen LogP contribution in [0.4, 0.5) is 4.39 Å². The van der Waals surface area contributed by atoms with Crippen molar-refractivity contribution in [2.45, 2.75) is 13.3 Å². The van der Waals surface area contributed by atoms with Gasteiger partial charge in [0.2, 0.25) is 10.0 Å². The Labute approximate surface area is 133 Å². The summed E-state index contributed by atoms with van der Waals surface area (Å²) in [6.45, 7) is 2.11. The highest BCUT2D eigenvalue weighted by Crippen LogP contribution is 2.28. The van der Waals surface area contributed by atoms with Gasteiger partial charge in [-0.1, -0.05) is 18.1 Å². The van der Waals surface area contributed by atoms with Crippen molar-refractivity contribution >= 4 is 21.4 Å². The standard InChI is InChI=1S/C15H15FN2O2S2/c1-3-9-22(19,20)17-8-7-14-11(2)18-15(21-14)12-5-4-6-13(16)10-12/h1,4-6,10,17H,7-9H2,2H3. The Morgan fingerprint density at radius 1 is 1.45 bits per heavy atom. The molecule has 0 atom stereocenters. The molecular formula is C15H15FN2O2S2. The van der Waals surface area contributed by atoms with Crippen molar-refractivity contribution < 1.29 is 12.8 Å². The molecule has 22 heavy (non-hydrogen) atoms. The Kier molecular flexibility index (Phi) is 5.29. The summed E-state index contributed by atoms with van der Waals surface area (Å²) in [5, 5.41) is 0.721. The molecule has 0 radical (unpaired) electrons. The number of terminal acetylenes is 1. The Balaban J connectivity index is 2.06. The maximum absolute atomic E-state index is 13.3. The van der Waals surface area contributed by atoms with Crippen molar-refractivity contribution in [2.75, 3.05) is 12.3 Å². The number of halogens is 1. The van der Waals surface area contributed by atoms with E-state index in [1.54, 1.807) is 12.1 Å². The van der Waals surface area contributed by atoms with Gasteiger partial charge in [-0.05, 0) is 25.5 Å². The number of thiazole rings is 1. The predicted octanol–water partition coefficient (Wildman–Crippen LogP) is 2.35. The number of sulfonamides is 1.